The van der Waals surface area contributed by atoms with E-state index in [2.05, 4.69) is 22.1 Å². The molecule has 0 unspecified atom stereocenters. The van der Waals surface area contributed by atoms with Gasteiger partial charge in [0.05, 0.1) is 6.04 Å². The quantitative estimate of drug-likeness (QED) is 0.775. The summed E-state index contributed by atoms with van der Waals surface area (Å²) in [5, 5.41) is 3.00. The summed E-state index contributed by atoms with van der Waals surface area (Å²) in [4.78, 5) is 48.4. The summed E-state index contributed by atoms with van der Waals surface area (Å²) in [5.41, 5.74) is -0.184. The predicted octanol–water partition coefficient (Wildman–Crippen LogP) is 1.48. The van der Waals surface area contributed by atoms with E-state index in [1.54, 1.807) is 29.4 Å². The Balaban J connectivity index is 1.45. The van der Waals surface area contributed by atoms with Gasteiger partial charge in [0.25, 0.3) is 11.8 Å². The number of aromatic nitrogens is 1. The van der Waals surface area contributed by atoms with Crippen LogP contribution < -0.4 is 5.32 Å². The van der Waals surface area contributed by atoms with Crippen molar-refractivity contribution in [3.63, 3.8) is 0 Å². The van der Waals surface area contributed by atoms with Crippen molar-refractivity contribution >= 4 is 17.8 Å². The largest absolute Gasteiger partial charge is 0.337 e. The molecule has 8 nitrogen and oxygen atoms in total. The van der Waals surface area contributed by atoms with Crippen LogP contribution in [0.15, 0.2) is 24.5 Å². The number of hydrogen-bond donors (Lipinski definition) is 1. The number of hydrogen-bond acceptors (Lipinski definition) is 5. The molecule has 156 valence electrons. The Hall–Kier alpha value is -2.48. The summed E-state index contributed by atoms with van der Waals surface area (Å²) in [6.45, 7) is 5.85. The van der Waals surface area contributed by atoms with Crippen LogP contribution in [-0.2, 0) is 4.79 Å². The smallest absolute Gasteiger partial charge is 0.325 e. The van der Waals surface area contributed by atoms with E-state index in [1.165, 1.54) is 4.90 Å². The van der Waals surface area contributed by atoms with E-state index in [4.69, 9.17) is 0 Å². The highest BCUT2D eigenvalue weighted by molar-refractivity contribution is 6.07. The third kappa shape index (κ3) is 3.73. The normalized spacial score (nSPS) is 24.8. The van der Waals surface area contributed by atoms with Gasteiger partial charge in [-0.2, -0.15) is 0 Å². The van der Waals surface area contributed by atoms with Gasteiger partial charge in [0.2, 0.25) is 0 Å². The molecule has 1 aromatic rings. The van der Waals surface area contributed by atoms with Gasteiger partial charge in [-0.05, 0) is 50.8 Å². The summed E-state index contributed by atoms with van der Waals surface area (Å²) < 4.78 is 0. The van der Waals surface area contributed by atoms with Gasteiger partial charge in [-0.3, -0.25) is 19.5 Å². The van der Waals surface area contributed by atoms with E-state index >= 15 is 0 Å². The third-order valence-electron chi connectivity index (χ3n) is 6.42. The minimum absolute atomic E-state index is 0.0771. The van der Waals surface area contributed by atoms with Crippen LogP contribution in [-0.4, -0.2) is 81.8 Å². The van der Waals surface area contributed by atoms with Crippen molar-refractivity contribution in [2.45, 2.75) is 50.6 Å². The third-order valence-corrected chi connectivity index (χ3v) is 6.42. The van der Waals surface area contributed by atoms with Crippen LogP contribution in [0.5, 0.6) is 0 Å². The molecule has 0 radical (unpaired) electrons. The first-order valence-electron chi connectivity index (χ1n) is 10.6. The number of pyridine rings is 1. The molecule has 1 atom stereocenters. The van der Waals surface area contributed by atoms with Crippen molar-refractivity contribution in [1.29, 1.82) is 0 Å². The Morgan fingerprint density at radius 2 is 1.93 bits per heavy atom. The molecule has 0 saturated carbocycles. The Kier molecular flexibility index (Phi) is 5.54. The van der Waals surface area contributed by atoms with Crippen molar-refractivity contribution in [3.8, 4) is 0 Å². The molecule has 3 fully saturated rings. The van der Waals surface area contributed by atoms with E-state index < -0.39 is 5.54 Å². The lowest BCUT2D eigenvalue weighted by Crippen LogP contribution is -2.56. The summed E-state index contributed by atoms with van der Waals surface area (Å²) in [7, 11) is 0. The van der Waals surface area contributed by atoms with Crippen LogP contribution in [0, 0.1) is 0 Å². The highest BCUT2D eigenvalue weighted by Gasteiger charge is 2.54. The highest BCUT2D eigenvalue weighted by atomic mass is 16.2. The molecule has 3 aliphatic heterocycles. The maximum absolute atomic E-state index is 13.3. The molecule has 0 aromatic carbocycles. The fourth-order valence-electron chi connectivity index (χ4n) is 4.81. The number of nitrogens with one attached hydrogen (secondary N) is 1. The molecule has 1 spiro atoms. The van der Waals surface area contributed by atoms with Crippen LogP contribution in [0.4, 0.5) is 4.79 Å². The lowest BCUT2D eigenvalue weighted by atomic mass is 9.87. The Morgan fingerprint density at radius 3 is 2.62 bits per heavy atom. The van der Waals surface area contributed by atoms with Crippen molar-refractivity contribution in [2.24, 2.45) is 0 Å². The summed E-state index contributed by atoms with van der Waals surface area (Å²) >= 11 is 0. The molecule has 4 heterocycles. The zero-order valence-corrected chi connectivity index (χ0v) is 17.0. The molecule has 1 aromatic heterocycles. The Bertz CT molecular complexity index is 776. The average Bonchev–Trinajstić information content (AvgIpc) is 2.99. The number of likely N-dealkylation sites (tertiary alicyclic amines) is 2. The van der Waals surface area contributed by atoms with Gasteiger partial charge in [0.1, 0.15) is 5.54 Å². The lowest BCUT2D eigenvalue weighted by molar-refractivity contribution is -0.135. The second-order valence-corrected chi connectivity index (χ2v) is 8.31. The minimum atomic E-state index is -0.765. The van der Waals surface area contributed by atoms with Crippen LogP contribution in [0.2, 0.25) is 0 Å². The molecule has 8 heteroatoms. The Morgan fingerprint density at radius 1 is 1.21 bits per heavy atom. The number of nitrogens with zero attached hydrogens (tertiary/aromatic N) is 4. The number of imide groups is 1. The number of carbonyl (C=O) groups excluding carboxylic acids is 3. The first-order valence-corrected chi connectivity index (χ1v) is 10.6. The lowest BCUT2D eigenvalue weighted by Gasteiger charge is -2.39. The topological polar surface area (TPSA) is 85.8 Å². The standard InChI is InChI=1S/C21H29N5O3/c1-2-11-24-13-7-21(8-14-24)19(28)26(20(29)23-21)17-4-3-12-25(15-17)18(27)16-5-9-22-10-6-16/h5-6,9-10,17H,2-4,7-8,11-15H2,1H3,(H,23,29)/t17-/m1/s1. The summed E-state index contributed by atoms with van der Waals surface area (Å²) in [6, 6.07) is 2.81. The molecule has 1 N–H and O–H groups in total. The fraction of sp³-hybridized carbons (Fsp3) is 0.619. The van der Waals surface area contributed by atoms with Crippen LogP contribution in [0.3, 0.4) is 0 Å². The number of amides is 4. The molecule has 4 rings (SSSR count). The van der Waals surface area contributed by atoms with Crippen molar-refractivity contribution in [2.75, 3.05) is 32.7 Å². The highest BCUT2D eigenvalue weighted by Crippen LogP contribution is 2.32. The van der Waals surface area contributed by atoms with Gasteiger partial charge in [-0.1, -0.05) is 6.92 Å². The second kappa shape index (κ2) is 8.10. The molecular weight excluding hydrogens is 370 g/mol. The van der Waals surface area contributed by atoms with Crippen LogP contribution in [0.25, 0.3) is 0 Å². The van der Waals surface area contributed by atoms with Gasteiger partial charge in [0, 0.05) is 44.1 Å². The van der Waals surface area contributed by atoms with Gasteiger partial charge in [0.15, 0.2) is 0 Å². The maximum Gasteiger partial charge on any atom is 0.325 e. The van der Waals surface area contributed by atoms with E-state index in [0.29, 0.717) is 31.5 Å². The molecular formula is C21H29N5O3. The van der Waals surface area contributed by atoms with Crippen LogP contribution >= 0.6 is 0 Å². The van der Waals surface area contributed by atoms with Gasteiger partial charge >= 0.3 is 6.03 Å². The molecule has 3 saturated heterocycles. The molecule has 3 aliphatic rings. The van der Waals surface area contributed by atoms with E-state index in [9.17, 15) is 14.4 Å². The summed E-state index contributed by atoms with van der Waals surface area (Å²) in [5.74, 6) is -0.186. The number of urea groups is 1. The molecule has 29 heavy (non-hydrogen) atoms. The molecule has 4 amide bonds. The van der Waals surface area contributed by atoms with Crippen LogP contribution in [0.1, 0.15) is 49.4 Å². The maximum atomic E-state index is 13.3. The van der Waals surface area contributed by atoms with E-state index in [-0.39, 0.29) is 23.9 Å². The van der Waals surface area contributed by atoms with Crippen molar-refractivity contribution in [1.82, 2.24) is 25.0 Å². The van der Waals surface area contributed by atoms with Gasteiger partial charge in [-0.25, -0.2) is 4.79 Å². The van der Waals surface area contributed by atoms with E-state index in [1.807, 2.05) is 0 Å². The van der Waals surface area contributed by atoms with Crippen molar-refractivity contribution < 1.29 is 14.4 Å². The second-order valence-electron chi connectivity index (χ2n) is 8.31. The van der Waals surface area contributed by atoms with Gasteiger partial charge < -0.3 is 15.1 Å². The first-order chi connectivity index (χ1) is 14.0. The molecule has 0 bridgehead atoms. The van der Waals surface area contributed by atoms with Gasteiger partial charge in [-0.15, -0.1) is 0 Å². The van der Waals surface area contributed by atoms with E-state index in [0.717, 1.165) is 38.9 Å². The first kappa shape index (κ1) is 19.8. The number of rotatable bonds is 4. The molecule has 0 aliphatic carbocycles. The minimum Gasteiger partial charge on any atom is -0.337 e. The Labute approximate surface area is 171 Å². The number of piperidine rings is 2. The predicted molar refractivity (Wildman–Crippen MR) is 107 cm³/mol. The zero-order valence-electron chi connectivity index (χ0n) is 17.0. The number of carbonyl (C=O) groups is 3. The van der Waals surface area contributed by atoms with Crippen molar-refractivity contribution in [3.05, 3.63) is 30.1 Å². The summed E-state index contributed by atoms with van der Waals surface area (Å²) in [6.07, 6.45) is 7.10. The SMILES string of the molecule is CCCN1CCC2(CC1)NC(=O)N([C@@H]1CCCN(C(=O)c3ccncc3)C1)C2=O. The fourth-order valence-corrected chi connectivity index (χ4v) is 4.81. The zero-order chi connectivity index (χ0) is 20.4. The monoisotopic (exact) mass is 399 g/mol. The average molecular weight is 399 g/mol.